The Hall–Kier alpha value is -2.53. The molecule has 0 saturated heterocycles. The van der Waals surface area contributed by atoms with Gasteiger partial charge in [-0.2, -0.15) is 0 Å². The molecule has 2 aromatic rings. The minimum absolute atomic E-state index is 0.215. The molecule has 5 nitrogen and oxygen atoms in total. The lowest BCUT2D eigenvalue weighted by atomic mass is 10.1. The van der Waals surface area contributed by atoms with Gasteiger partial charge < -0.3 is 20.1 Å². The van der Waals surface area contributed by atoms with Crippen LogP contribution in [0.1, 0.15) is 18.1 Å². The van der Waals surface area contributed by atoms with E-state index in [2.05, 4.69) is 10.6 Å². The highest BCUT2D eigenvalue weighted by atomic mass is 16.5. The predicted molar refractivity (Wildman–Crippen MR) is 95.5 cm³/mol. The van der Waals surface area contributed by atoms with Gasteiger partial charge in [0.1, 0.15) is 5.75 Å². The van der Waals surface area contributed by atoms with Gasteiger partial charge in [-0.3, -0.25) is 0 Å². The molecule has 0 aliphatic heterocycles. The van der Waals surface area contributed by atoms with Crippen LogP contribution in [-0.4, -0.2) is 26.3 Å². The molecule has 0 radical (unpaired) electrons. The second-order valence-electron chi connectivity index (χ2n) is 5.27. The molecule has 0 saturated carbocycles. The Bertz CT molecular complexity index is 641. The van der Waals surface area contributed by atoms with Crippen LogP contribution in [0.2, 0.25) is 0 Å². The van der Waals surface area contributed by atoms with E-state index in [-0.39, 0.29) is 6.03 Å². The van der Waals surface area contributed by atoms with Gasteiger partial charge in [-0.15, -0.1) is 0 Å². The number of ether oxygens (including phenoxy) is 2. The zero-order valence-electron chi connectivity index (χ0n) is 14.2. The van der Waals surface area contributed by atoms with E-state index < -0.39 is 0 Å². The summed E-state index contributed by atoms with van der Waals surface area (Å²) in [5, 5.41) is 5.74. The van der Waals surface area contributed by atoms with Crippen molar-refractivity contribution >= 4 is 11.7 Å². The third kappa shape index (κ3) is 5.59. The van der Waals surface area contributed by atoms with E-state index in [4.69, 9.17) is 9.47 Å². The molecule has 0 fully saturated rings. The summed E-state index contributed by atoms with van der Waals surface area (Å²) in [4.78, 5) is 12.0. The molecule has 0 heterocycles. The van der Waals surface area contributed by atoms with E-state index >= 15 is 0 Å². The van der Waals surface area contributed by atoms with Crippen LogP contribution in [-0.2, 0) is 17.8 Å². The number of amides is 2. The standard InChI is InChI=1S/C19H24N2O3/c1-3-24-14-16-6-4-5-7-18(16)21-19(22)20-13-12-15-8-10-17(23-2)11-9-15/h4-11H,3,12-14H2,1-2H3,(H2,20,21,22). The number of benzene rings is 2. The number of hydrogen-bond acceptors (Lipinski definition) is 3. The van der Waals surface area contributed by atoms with Crippen molar-refractivity contribution in [3.8, 4) is 5.75 Å². The van der Waals surface area contributed by atoms with Gasteiger partial charge in [-0.1, -0.05) is 30.3 Å². The zero-order chi connectivity index (χ0) is 17.2. The first-order valence-corrected chi connectivity index (χ1v) is 8.06. The summed E-state index contributed by atoms with van der Waals surface area (Å²) in [6.07, 6.45) is 0.762. The van der Waals surface area contributed by atoms with Crippen molar-refractivity contribution in [3.63, 3.8) is 0 Å². The zero-order valence-corrected chi connectivity index (χ0v) is 14.2. The van der Waals surface area contributed by atoms with Gasteiger partial charge in [-0.05, 0) is 37.1 Å². The van der Waals surface area contributed by atoms with Crippen molar-refractivity contribution in [1.29, 1.82) is 0 Å². The fraction of sp³-hybridized carbons (Fsp3) is 0.316. The molecule has 0 unspecified atom stereocenters. The number of carbonyl (C=O) groups excluding carboxylic acids is 1. The van der Waals surface area contributed by atoms with Gasteiger partial charge in [0.05, 0.1) is 13.7 Å². The van der Waals surface area contributed by atoms with Crippen LogP contribution in [0.15, 0.2) is 48.5 Å². The van der Waals surface area contributed by atoms with E-state index in [1.807, 2.05) is 55.5 Å². The summed E-state index contributed by atoms with van der Waals surface area (Å²) < 4.78 is 10.5. The maximum atomic E-state index is 12.0. The van der Waals surface area contributed by atoms with Crippen molar-refractivity contribution in [2.45, 2.75) is 20.0 Å². The lowest BCUT2D eigenvalue weighted by molar-refractivity contribution is 0.134. The molecule has 5 heteroatoms. The third-order valence-corrected chi connectivity index (χ3v) is 3.59. The number of nitrogens with one attached hydrogen (secondary N) is 2. The highest BCUT2D eigenvalue weighted by Crippen LogP contribution is 2.16. The number of hydrogen-bond donors (Lipinski definition) is 2. The monoisotopic (exact) mass is 328 g/mol. The largest absolute Gasteiger partial charge is 0.497 e. The lowest BCUT2D eigenvalue weighted by Crippen LogP contribution is -2.30. The normalized spacial score (nSPS) is 10.2. The minimum atomic E-state index is -0.215. The van der Waals surface area contributed by atoms with E-state index in [9.17, 15) is 4.79 Å². The van der Waals surface area contributed by atoms with Gasteiger partial charge in [-0.25, -0.2) is 4.79 Å². The Kier molecular flexibility index (Phi) is 7.11. The highest BCUT2D eigenvalue weighted by Gasteiger charge is 2.06. The Morgan fingerprint density at radius 2 is 1.83 bits per heavy atom. The molecule has 2 aromatic carbocycles. The van der Waals surface area contributed by atoms with Crippen LogP contribution in [0.4, 0.5) is 10.5 Å². The average molecular weight is 328 g/mol. The SMILES string of the molecule is CCOCc1ccccc1NC(=O)NCCc1ccc(OC)cc1. The van der Waals surface area contributed by atoms with Crippen LogP contribution < -0.4 is 15.4 Å². The van der Waals surface area contributed by atoms with Gasteiger partial charge in [0.25, 0.3) is 0 Å². The number of urea groups is 1. The number of anilines is 1. The van der Waals surface area contributed by atoms with Crippen LogP contribution in [0.25, 0.3) is 0 Å². The molecule has 2 N–H and O–H groups in total. The summed E-state index contributed by atoms with van der Waals surface area (Å²) in [6.45, 7) is 3.63. The number of carbonyl (C=O) groups is 1. The Balaban J connectivity index is 1.80. The number of methoxy groups -OCH3 is 1. The fourth-order valence-electron chi connectivity index (χ4n) is 2.26. The summed E-state index contributed by atoms with van der Waals surface area (Å²) in [5.74, 6) is 0.829. The van der Waals surface area contributed by atoms with E-state index in [0.29, 0.717) is 19.8 Å². The number of rotatable bonds is 8. The van der Waals surface area contributed by atoms with Crippen molar-refractivity contribution < 1.29 is 14.3 Å². The van der Waals surface area contributed by atoms with Crippen molar-refractivity contribution in [2.24, 2.45) is 0 Å². The van der Waals surface area contributed by atoms with Crippen molar-refractivity contribution in [1.82, 2.24) is 5.32 Å². The minimum Gasteiger partial charge on any atom is -0.497 e. The molecule has 0 aliphatic carbocycles. The van der Waals surface area contributed by atoms with Crippen LogP contribution >= 0.6 is 0 Å². The summed E-state index contributed by atoms with van der Waals surface area (Å²) in [7, 11) is 1.64. The van der Waals surface area contributed by atoms with Crippen molar-refractivity contribution in [3.05, 3.63) is 59.7 Å². The molecule has 2 rings (SSSR count). The van der Waals surface area contributed by atoms with E-state index in [1.54, 1.807) is 7.11 Å². The predicted octanol–water partition coefficient (Wildman–Crippen LogP) is 3.60. The smallest absolute Gasteiger partial charge is 0.319 e. The summed E-state index contributed by atoms with van der Waals surface area (Å²) in [5.41, 5.74) is 2.88. The average Bonchev–Trinajstić information content (AvgIpc) is 2.61. The molecule has 24 heavy (non-hydrogen) atoms. The first kappa shape index (κ1) is 17.8. The summed E-state index contributed by atoms with van der Waals surface area (Å²) >= 11 is 0. The Labute approximate surface area is 143 Å². The van der Waals surface area contributed by atoms with Crippen LogP contribution in [0.5, 0.6) is 5.75 Å². The Morgan fingerprint density at radius 3 is 2.54 bits per heavy atom. The molecule has 0 aromatic heterocycles. The van der Waals surface area contributed by atoms with E-state index in [0.717, 1.165) is 29.0 Å². The molecule has 0 aliphatic rings. The van der Waals surface area contributed by atoms with Gasteiger partial charge in [0.15, 0.2) is 0 Å². The molecule has 128 valence electrons. The fourth-order valence-corrected chi connectivity index (χ4v) is 2.26. The number of para-hydroxylation sites is 1. The lowest BCUT2D eigenvalue weighted by Gasteiger charge is -2.12. The third-order valence-electron chi connectivity index (χ3n) is 3.59. The van der Waals surface area contributed by atoms with Crippen LogP contribution in [0, 0.1) is 0 Å². The van der Waals surface area contributed by atoms with Gasteiger partial charge >= 0.3 is 6.03 Å². The maximum Gasteiger partial charge on any atom is 0.319 e. The second kappa shape index (κ2) is 9.57. The molecular weight excluding hydrogens is 304 g/mol. The second-order valence-corrected chi connectivity index (χ2v) is 5.27. The molecule has 0 bridgehead atoms. The molecule has 0 spiro atoms. The topological polar surface area (TPSA) is 59.6 Å². The van der Waals surface area contributed by atoms with Crippen molar-refractivity contribution in [2.75, 3.05) is 25.6 Å². The first-order valence-electron chi connectivity index (χ1n) is 8.06. The quantitative estimate of drug-likeness (QED) is 0.778. The first-order chi connectivity index (χ1) is 11.7. The van der Waals surface area contributed by atoms with Crippen LogP contribution in [0.3, 0.4) is 0 Å². The van der Waals surface area contributed by atoms with Gasteiger partial charge in [0.2, 0.25) is 0 Å². The molecule has 2 amide bonds. The highest BCUT2D eigenvalue weighted by molar-refractivity contribution is 5.90. The van der Waals surface area contributed by atoms with E-state index in [1.165, 1.54) is 0 Å². The molecular formula is C19H24N2O3. The van der Waals surface area contributed by atoms with Gasteiger partial charge in [0, 0.05) is 24.4 Å². The Morgan fingerprint density at radius 1 is 1.08 bits per heavy atom. The molecule has 0 atom stereocenters. The maximum absolute atomic E-state index is 12.0. The summed E-state index contributed by atoms with van der Waals surface area (Å²) in [6, 6.07) is 15.3.